The molecule has 0 aliphatic carbocycles. The Balaban J connectivity index is 2.78. The van der Waals surface area contributed by atoms with Crippen molar-refractivity contribution in [1.29, 1.82) is 0 Å². The third kappa shape index (κ3) is 4.20. The van der Waals surface area contributed by atoms with Gasteiger partial charge in [-0.05, 0) is 18.1 Å². The number of nitrogens with one attached hydrogen (secondary N) is 1. The number of carbonyl (C=O) groups is 1. The Morgan fingerprint density at radius 3 is 2.42 bits per heavy atom. The molecular formula is C12H15F3N2O2. The van der Waals surface area contributed by atoms with Crippen molar-refractivity contribution in [3.05, 3.63) is 29.6 Å². The Hall–Kier alpha value is -1.63. The van der Waals surface area contributed by atoms with Crippen LogP contribution in [-0.4, -0.2) is 28.6 Å². The Labute approximate surface area is 108 Å². The highest BCUT2D eigenvalue weighted by atomic mass is 19.4. The van der Waals surface area contributed by atoms with Gasteiger partial charge in [-0.15, -0.1) is 0 Å². The maximum atomic E-state index is 12.3. The summed E-state index contributed by atoms with van der Waals surface area (Å²) in [6.07, 6.45) is -3.87. The van der Waals surface area contributed by atoms with E-state index in [4.69, 9.17) is 5.11 Å². The van der Waals surface area contributed by atoms with Crippen LogP contribution in [-0.2, 0) is 6.18 Å². The summed E-state index contributed by atoms with van der Waals surface area (Å²) in [6, 6.07) is 1.34. The number of halogens is 3. The molecule has 106 valence electrons. The van der Waals surface area contributed by atoms with E-state index in [1.54, 1.807) is 13.8 Å². The molecule has 1 amide bonds. The van der Waals surface area contributed by atoms with Crippen LogP contribution in [0.1, 0.15) is 29.9 Å². The fourth-order valence-electron chi connectivity index (χ4n) is 1.36. The van der Waals surface area contributed by atoms with Gasteiger partial charge in [-0.1, -0.05) is 13.8 Å². The minimum atomic E-state index is -4.48. The van der Waals surface area contributed by atoms with Gasteiger partial charge >= 0.3 is 6.18 Å². The van der Waals surface area contributed by atoms with Gasteiger partial charge < -0.3 is 10.4 Å². The predicted molar refractivity (Wildman–Crippen MR) is 62.4 cm³/mol. The molecule has 0 saturated carbocycles. The van der Waals surface area contributed by atoms with Crippen molar-refractivity contribution in [2.75, 3.05) is 6.61 Å². The molecule has 0 aromatic carbocycles. The molecule has 1 atom stereocenters. The van der Waals surface area contributed by atoms with Gasteiger partial charge in [0, 0.05) is 6.20 Å². The van der Waals surface area contributed by atoms with Crippen LogP contribution in [0.15, 0.2) is 18.3 Å². The number of hydrogen-bond acceptors (Lipinski definition) is 3. The van der Waals surface area contributed by atoms with Crippen LogP contribution >= 0.6 is 0 Å². The molecule has 7 heteroatoms. The number of amides is 1. The minimum absolute atomic E-state index is 0.00315. The Bertz CT molecular complexity index is 430. The SMILES string of the molecule is CC(C)[C@@H](CO)NC(=O)c1ccc(C(F)(F)F)cn1. The Morgan fingerprint density at radius 1 is 1.42 bits per heavy atom. The quantitative estimate of drug-likeness (QED) is 0.882. The number of pyridine rings is 1. The van der Waals surface area contributed by atoms with E-state index in [2.05, 4.69) is 10.3 Å². The van der Waals surface area contributed by atoms with Crippen LogP contribution in [0.2, 0.25) is 0 Å². The first kappa shape index (κ1) is 15.4. The van der Waals surface area contributed by atoms with E-state index in [0.29, 0.717) is 6.20 Å². The summed E-state index contributed by atoms with van der Waals surface area (Å²) in [5.41, 5.74) is -1.03. The second-order valence-electron chi connectivity index (χ2n) is 4.44. The van der Waals surface area contributed by atoms with Crippen molar-refractivity contribution in [2.24, 2.45) is 5.92 Å². The van der Waals surface area contributed by atoms with Gasteiger partial charge in [-0.2, -0.15) is 13.2 Å². The number of alkyl halides is 3. The molecule has 0 aliphatic heterocycles. The van der Waals surface area contributed by atoms with Crippen LogP contribution in [0, 0.1) is 5.92 Å². The van der Waals surface area contributed by atoms with Crippen LogP contribution in [0.5, 0.6) is 0 Å². The van der Waals surface area contributed by atoms with E-state index in [9.17, 15) is 18.0 Å². The van der Waals surface area contributed by atoms with Crippen molar-refractivity contribution in [2.45, 2.75) is 26.1 Å². The molecule has 1 rings (SSSR count). The van der Waals surface area contributed by atoms with Crippen molar-refractivity contribution in [3.63, 3.8) is 0 Å². The molecule has 1 aromatic heterocycles. The first-order valence-electron chi connectivity index (χ1n) is 5.70. The summed E-state index contributed by atoms with van der Waals surface area (Å²) in [6.45, 7) is 3.37. The zero-order valence-electron chi connectivity index (χ0n) is 10.5. The van der Waals surface area contributed by atoms with Crippen LogP contribution < -0.4 is 5.32 Å². The van der Waals surface area contributed by atoms with Gasteiger partial charge in [-0.25, -0.2) is 0 Å². The molecule has 0 bridgehead atoms. The van der Waals surface area contributed by atoms with E-state index < -0.39 is 23.7 Å². The van der Waals surface area contributed by atoms with Crippen molar-refractivity contribution in [1.82, 2.24) is 10.3 Å². The summed E-state index contributed by atoms with van der Waals surface area (Å²) in [5, 5.41) is 11.6. The average molecular weight is 276 g/mol. The fourth-order valence-corrected chi connectivity index (χ4v) is 1.36. The molecule has 0 spiro atoms. The zero-order valence-corrected chi connectivity index (χ0v) is 10.5. The number of carbonyl (C=O) groups excluding carboxylic acids is 1. The first-order chi connectivity index (χ1) is 8.75. The average Bonchev–Trinajstić information content (AvgIpc) is 2.34. The predicted octanol–water partition coefficient (Wildman–Crippen LogP) is 1.85. The molecule has 4 nitrogen and oxygen atoms in total. The van der Waals surface area contributed by atoms with Gasteiger partial charge in [0.15, 0.2) is 0 Å². The van der Waals surface area contributed by atoms with E-state index in [1.807, 2.05) is 0 Å². The Kier molecular flexibility index (Phi) is 4.88. The number of hydrogen-bond donors (Lipinski definition) is 2. The van der Waals surface area contributed by atoms with E-state index in [0.717, 1.165) is 12.1 Å². The number of nitrogens with zero attached hydrogens (tertiary/aromatic N) is 1. The summed E-state index contributed by atoms with van der Waals surface area (Å²) in [4.78, 5) is 15.2. The number of rotatable bonds is 4. The summed E-state index contributed by atoms with van der Waals surface area (Å²) in [7, 11) is 0. The lowest BCUT2D eigenvalue weighted by Crippen LogP contribution is -2.41. The molecular weight excluding hydrogens is 261 g/mol. The van der Waals surface area contributed by atoms with Crippen LogP contribution in [0.25, 0.3) is 0 Å². The highest BCUT2D eigenvalue weighted by molar-refractivity contribution is 5.92. The zero-order chi connectivity index (χ0) is 14.6. The van der Waals surface area contributed by atoms with Crippen LogP contribution in [0.3, 0.4) is 0 Å². The lowest BCUT2D eigenvalue weighted by molar-refractivity contribution is -0.137. The van der Waals surface area contributed by atoms with Crippen LogP contribution in [0.4, 0.5) is 13.2 Å². The number of aliphatic hydroxyl groups excluding tert-OH is 1. The smallest absolute Gasteiger partial charge is 0.394 e. The van der Waals surface area contributed by atoms with E-state index in [1.165, 1.54) is 0 Å². The normalized spacial score (nSPS) is 13.4. The van der Waals surface area contributed by atoms with Crippen molar-refractivity contribution >= 4 is 5.91 Å². The van der Waals surface area contributed by atoms with Crippen molar-refractivity contribution in [3.8, 4) is 0 Å². The van der Waals surface area contributed by atoms with Gasteiger partial charge in [-0.3, -0.25) is 9.78 Å². The lowest BCUT2D eigenvalue weighted by atomic mass is 10.1. The maximum Gasteiger partial charge on any atom is 0.417 e. The molecule has 0 aliphatic rings. The molecule has 1 heterocycles. The summed E-state index contributed by atoms with van der Waals surface area (Å²) in [5.74, 6) is -0.607. The number of aromatic nitrogens is 1. The standard InChI is InChI=1S/C12H15F3N2O2/c1-7(2)10(6-18)17-11(19)9-4-3-8(5-16-9)12(13,14)15/h3-5,7,10,18H,6H2,1-2H3,(H,17,19)/t10-/m1/s1. The molecule has 2 N–H and O–H groups in total. The van der Waals surface area contributed by atoms with Gasteiger partial charge in [0.1, 0.15) is 5.69 Å². The second kappa shape index (κ2) is 6.01. The summed E-state index contributed by atoms with van der Waals surface area (Å²) < 4.78 is 37.0. The molecule has 19 heavy (non-hydrogen) atoms. The van der Waals surface area contributed by atoms with E-state index in [-0.39, 0.29) is 18.2 Å². The second-order valence-corrected chi connectivity index (χ2v) is 4.44. The third-order valence-corrected chi connectivity index (χ3v) is 2.64. The van der Waals surface area contributed by atoms with Gasteiger partial charge in [0.25, 0.3) is 5.91 Å². The molecule has 0 unspecified atom stereocenters. The highest BCUT2D eigenvalue weighted by Crippen LogP contribution is 2.28. The highest BCUT2D eigenvalue weighted by Gasteiger charge is 2.31. The fraction of sp³-hybridized carbons (Fsp3) is 0.500. The van der Waals surface area contributed by atoms with Gasteiger partial charge in [0.2, 0.25) is 0 Å². The third-order valence-electron chi connectivity index (χ3n) is 2.64. The maximum absolute atomic E-state index is 12.3. The lowest BCUT2D eigenvalue weighted by Gasteiger charge is -2.19. The minimum Gasteiger partial charge on any atom is -0.394 e. The molecule has 0 saturated heterocycles. The molecule has 1 aromatic rings. The largest absolute Gasteiger partial charge is 0.417 e. The first-order valence-corrected chi connectivity index (χ1v) is 5.70. The molecule has 0 radical (unpaired) electrons. The topological polar surface area (TPSA) is 62.2 Å². The Morgan fingerprint density at radius 2 is 2.05 bits per heavy atom. The summed E-state index contributed by atoms with van der Waals surface area (Å²) >= 11 is 0. The van der Waals surface area contributed by atoms with Gasteiger partial charge in [0.05, 0.1) is 18.2 Å². The molecule has 0 fully saturated rings. The van der Waals surface area contributed by atoms with Crippen molar-refractivity contribution < 1.29 is 23.1 Å². The number of aliphatic hydroxyl groups is 1. The monoisotopic (exact) mass is 276 g/mol. The van der Waals surface area contributed by atoms with E-state index >= 15 is 0 Å².